The predicted molar refractivity (Wildman–Crippen MR) is 66.9 cm³/mol. The minimum absolute atomic E-state index is 0.629. The van der Waals surface area contributed by atoms with Crippen molar-refractivity contribution in [1.82, 2.24) is 14.6 Å². The first-order valence-electron chi connectivity index (χ1n) is 5.83. The fourth-order valence-electron chi connectivity index (χ4n) is 2.63. The zero-order chi connectivity index (χ0) is 11.0. The van der Waals surface area contributed by atoms with Crippen LogP contribution in [0.15, 0.2) is 18.5 Å². The third-order valence-corrected chi connectivity index (χ3v) is 3.74. The Kier molecular flexibility index (Phi) is 2.59. The molecule has 0 unspecified atom stereocenters. The smallest absolute Gasteiger partial charge is 0.159 e. The Labute approximate surface area is 100 Å². The van der Waals surface area contributed by atoms with Gasteiger partial charge in [-0.3, -0.25) is 0 Å². The molecule has 0 spiro atoms. The molecule has 1 aliphatic rings. The van der Waals surface area contributed by atoms with Crippen LogP contribution in [0.5, 0.6) is 0 Å². The molecule has 1 aliphatic carbocycles. The van der Waals surface area contributed by atoms with Gasteiger partial charge in [-0.25, -0.2) is 9.50 Å². The summed E-state index contributed by atoms with van der Waals surface area (Å²) in [4.78, 5) is 4.40. The molecule has 1 saturated carbocycles. The molecule has 16 heavy (non-hydrogen) atoms. The van der Waals surface area contributed by atoms with Crippen LogP contribution < -0.4 is 0 Å². The van der Waals surface area contributed by atoms with E-state index in [0.717, 1.165) is 11.4 Å². The lowest BCUT2D eigenvalue weighted by Crippen LogP contribution is -1.96. The van der Waals surface area contributed by atoms with Crippen molar-refractivity contribution < 1.29 is 0 Å². The van der Waals surface area contributed by atoms with Crippen molar-refractivity contribution in [3.8, 4) is 0 Å². The highest BCUT2D eigenvalue weighted by molar-refractivity contribution is 7.79. The van der Waals surface area contributed by atoms with Crippen molar-refractivity contribution >= 4 is 18.3 Å². The van der Waals surface area contributed by atoms with Gasteiger partial charge in [0.15, 0.2) is 5.65 Å². The van der Waals surface area contributed by atoms with Gasteiger partial charge in [0.2, 0.25) is 0 Å². The van der Waals surface area contributed by atoms with Crippen molar-refractivity contribution in [2.24, 2.45) is 0 Å². The minimum Gasteiger partial charge on any atom is -0.237 e. The Morgan fingerprint density at radius 2 is 2.19 bits per heavy atom. The SMILES string of the molecule is SCc1c(C2CCCC2)nn2cccnc12. The van der Waals surface area contributed by atoms with Crippen LogP contribution in [0.25, 0.3) is 5.65 Å². The van der Waals surface area contributed by atoms with Crippen LogP contribution in [-0.4, -0.2) is 14.6 Å². The van der Waals surface area contributed by atoms with Gasteiger partial charge in [0.25, 0.3) is 0 Å². The number of hydrogen-bond acceptors (Lipinski definition) is 3. The Morgan fingerprint density at radius 1 is 1.38 bits per heavy atom. The molecule has 0 aliphatic heterocycles. The van der Waals surface area contributed by atoms with Crippen molar-refractivity contribution in [2.75, 3.05) is 0 Å². The molecule has 0 radical (unpaired) electrons. The van der Waals surface area contributed by atoms with Gasteiger partial charge in [-0.05, 0) is 18.9 Å². The highest BCUT2D eigenvalue weighted by Gasteiger charge is 2.24. The largest absolute Gasteiger partial charge is 0.237 e. The summed E-state index contributed by atoms with van der Waals surface area (Å²) in [5.74, 6) is 1.36. The van der Waals surface area contributed by atoms with E-state index >= 15 is 0 Å². The molecule has 0 aromatic carbocycles. The standard InChI is InChI=1S/C12H15N3S/c16-8-10-11(9-4-1-2-5-9)14-15-7-3-6-13-12(10)15/h3,6-7,9,16H,1-2,4-5,8H2. The molecule has 2 heterocycles. The number of thiol groups is 1. The highest BCUT2D eigenvalue weighted by Crippen LogP contribution is 2.36. The molecule has 0 atom stereocenters. The van der Waals surface area contributed by atoms with E-state index in [0.29, 0.717) is 5.92 Å². The first kappa shape index (κ1) is 10.1. The number of rotatable bonds is 2. The van der Waals surface area contributed by atoms with Crippen LogP contribution in [0.2, 0.25) is 0 Å². The highest BCUT2D eigenvalue weighted by atomic mass is 32.1. The molecule has 84 valence electrons. The molecule has 0 amide bonds. The van der Waals surface area contributed by atoms with Gasteiger partial charge >= 0.3 is 0 Å². The van der Waals surface area contributed by atoms with Crippen LogP contribution in [0, 0.1) is 0 Å². The molecular weight excluding hydrogens is 218 g/mol. The summed E-state index contributed by atoms with van der Waals surface area (Å²) >= 11 is 4.42. The topological polar surface area (TPSA) is 30.2 Å². The number of hydrogen-bond donors (Lipinski definition) is 1. The monoisotopic (exact) mass is 233 g/mol. The van der Waals surface area contributed by atoms with E-state index in [4.69, 9.17) is 0 Å². The molecule has 0 bridgehead atoms. The molecule has 2 aromatic rings. The molecule has 1 fully saturated rings. The maximum Gasteiger partial charge on any atom is 0.159 e. The van der Waals surface area contributed by atoms with Gasteiger partial charge in [-0.15, -0.1) is 0 Å². The number of fused-ring (bicyclic) bond motifs is 1. The van der Waals surface area contributed by atoms with Gasteiger partial charge in [0.1, 0.15) is 0 Å². The third kappa shape index (κ3) is 1.52. The lowest BCUT2D eigenvalue weighted by Gasteiger charge is -2.06. The van der Waals surface area contributed by atoms with Gasteiger partial charge in [0, 0.05) is 29.6 Å². The van der Waals surface area contributed by atoms with Crippen LogP contribution in [0.3, 0.4) is 0 Å². The summed E-state index contributed by atoms with van der Waals surface area (Å²) < 4.78 is 1.89. The van der Waals surface area contributed by atoms with Crippen LogP contribution in [0.4, 0.5) is 0 Å². The van der Waals surface area contributed by atoms with E-state index in [1.807, 2.05) is 23.0 Å². The summed E-state index contributed by atoms with van der Waals surface area (Å²) in [6.45, 7) is 0. The zero-order valence-electron chi connectivity index (χ0n) is 9.13. The number of nitrogens with zero attached hydrogens (tertiary/aromatic N) is 3. The van der Waals surface area contributed by atoms with E-state index in [2.05, 4.69) is 22.7 Å². The maximum atomic E-state index is 4.67. The first-order valence-corrected chi connectivity index (χ1v) is 6.46. The minimum atomic E-state index is 0.629. The van der Waals surface area contributed by atoms with E-state index in [1.165, 1.54) is 36.9 Å². The van der Waals surface area contributed by atoms with Crippen molar-refractivity contribution in [3.05, 3.63) is 29.7 Å². The normalized spacial score (nSPS) is 17.3. The predicted octanol–water partition coefficient (Wildman–Crippen LogP) is 2.82. The van der Waals surface area contributed by atoms with E-state index < -0.39 is 0 Å². The summed E-state index contributed by atoms with van der Waals surface area (Å²) in [7, 11) is 0. The van der Waals surface area contributed by atoms with E-state index in [9.17, 15) is 0 Å². The lowest BCUT2D eigenvalue weighted by atomic mass is 10.0. The average Bonchev–Trinajstić information content (AvgIpc) is 2.95. The molecule has 4 heteroatoms. The second-order valence-electron chi connectivity index (χ2n) is 4.39. The quantitative estimate of drug-likeness (QED) is 0.808. The van der Waals surface area contributed by atoms with Crippen molar-refractivity contribution in [3.63, 3.8) is 0 Å². The Bertz CT molecular complexity index is 500. The van der Waals surface area contributed by atoms with Crippen molar-refractivity contribution in [2.45, 2.75) is 37.4 Å². The maximum absolute atomic E-state index is 4.67. The van der Waals surface area contributed by atoms with Crippen LogP contribution >= 0.6 is 12.6 Å². The summed E-state index contributed by atoms with van der Waals surface area (Å²) in [5.41, 5.74) is 3.42. The summed E-state index contributed by atoms with van der Waals surface area (Å²) in [5, 5.41) is 4.67. The fraction of sp³-hybridized carbons (Fsp3) is 0.500. The summed E-state index contributed by atoms with van der Waals surface area (Å²) in [6, 6.07) is 1.92. The fourth-order valence-corrected chi connectivity index (χ4v) is 2.93. The van der Waals surface area contributed by atoms with Gasteiger partial charge < -0.3 is 0 Å². The van der Waals surface area contributed by atoms with Gasteiger partial charge in [0.05, 0.1) is 5.69 Å². The third-order valence-electron chi connectivity index (χ3n) is 3.42. The number of aromatic nitrogens is 3. The molecule has 0 saturated heterocycles. The second kappa shape index (κ2) is 4.09. The Morgan fingerprint density at radius 3 is 2.94 bits per heavy atom. The van der Waals surface area contributed by atoms with Gasteiger partial charge in [-0.2, -0.15) is 17.7 Å². The van der Waals surface area contributed by atoms with E-state index in [-0.39, 0.29) is 0 Å². The molecule has 3 nitrogen and oxygen atoms in total. The van der Waals surface area contributed by atoms with Gasteiger partial charge in [-0.1, -0.05) is 12.8 Å². The van der Waals surface area contributed by atoms with Crippen molar-refractivity contribution in [1.29, 1.82) is 0 Å². The van der Waals surface area contributed by atoms with Crippen LogP contribution in [-0.2, 0) is 5.75 Å². The molecule has 3 rings (SSSR count). The summed E-state index contributed by atoms with van der Waals surface area (Å²) in [6.07, 6.45) is 8.99. The van der Waals surface area contributed by atoms with E-state index in [1.54, 1.807) is 0 Å². The Hall–Kier alpha value is -1.03. The molecular formula is C12H15N3S. The lowest BCUT2D eigenvalue weighted by molar-refractivity contribution is 0.680. The molecule has 2 aromatic heterocycles. The first-order chi connectivity index (χ1) is 7.90. The second-order valence-corrected chi connectivity index (χ2v) is 4.71. The average molecular weight is 233 g/mol. The Balaban J connectivity index is 2.15. The molecule has 0 N–H and O–H groups in total. The zero-order valence-corrected chi connectivity index (χ0v) is 10.0. The van der Waals surface area contributed by atoms with Crippen LogP contribution in [0.1, 0.15) is 42.9 Å².